The number of hydrogen-bond acceptors (Lipinski definition) is 7. The molecule has 0 aliphatic rings. The van der Waals surface area contributed by atoms with Gasteiger partial charge in [0.25, 0.3) is 0 Å². The van der Waals surface area contributed by atoms with E-state index in [1.54, 1.807) is 38.5 Å². The molecule has 2 aromatic carbocycles. The molecule has 0 saturated carbocycles. The molecule has 0 bridgehead atoms. The van der Waals surface area contributed by atoms with E-state index in [0.29, 0.717) is 6.54 Å². The number of fused-ring (bicyclic) bond motifs is 1. The Morgan fingerprint density at radius 2 is 1.70 bits per heavy atom. The minimum Gasteiger partial charge on any atom is -0.497 e. The summed E-state index contributed by atoms with van der Waals surface area (Å²) in [6.45, 7) is 0.704. The minimum atomic E-state index is 0.704. The van der Waals surface area contributed by atoms with Crippen molar-refractivity contribution in [2.75, 3.05) is 33.2 Å². The lowest BCUT2D eigenvalue weighted by Gasteiger charge is -2.10. The Morgan fingerprint density at radius 3 is 2.43 bits per heavy atom. The molecule has 0 amide bonds. The van der Waals surface area contributed by atoms with Crippen LogP contribution in [0.4, 0.5) is 5.82 Å². The van der Waals surface area contributed by atoms with Crippen LogP contribution in [-0.4, -0.2) is 47.6 Å². The average Bonchev–Trinajstić information content (AvgIpc) is 3.24. The normalized spacial score (nSPS) is 10.8. The van der Waals surface area contributed by atoms with Crippen LogP contribution in [-0.2, 0) is 6.42 Å². The summed E-state index contributed by atoms with van der Waals surface area (Å²) < 4.78 is 17.7. The van der Waals surface area contributed by atoms with E-state index in [4.69, 9.17) is 14.2 Å². The smallest absolute Gasteiger partial charge is 0.168 e. The molecule has 30 heavy (non-hydrogen) atoms. The van der Waals surface area contributed by atoms with Gasteiger partial charge in [-0.3, -0.25) is 0 Å². The fourth-order valence-corrected chi connectivity index (χ4v) is 3.26. The summed E-state index contributed by atoms with van der Waals surface area (Å²) in [4.78, 5) is 8.81. The van der Waals surface area contributed by atoms with Gasteiger partial charge in [0.05, 0.1) is 38.6 Å². The number of rotatable bonds is 8. The Balaban J connectivity index is 1.50. The number of nitrogens with zero attached hydrogens (tertiary/aromatic N) is 4. The van der Waals surface area contributed by atoms with Crippen LogP contribution in [0.2, 0.25) is 0 Å². The maximum atomic E-state index is 5.37. The summed E-state index contributed by atoms with van der Waals surface area (Å²) in [6, 6.07) is 13.6. The summed E-state index contributed by atoms with van der Waals surface area (Å²) in [5.74, 6) is 2.99. The molecule has 0 atom stereocenters. The largest absolute Gasteiger partial charge is 0.497 e. The molecule has 2 aromatic heterocycles. The van der Waals surface area contributed by atoms with Gasteiger partial charge in [-0.15, -0.1) is 0 Å². The third kappa shape index (κ3) is 3.84. The molecule has 4 rings (SSSR count). The van der Waals surface area contributed by atoms with E-state index in [1.807, 2.05) is 42.5 Å². The Labute approximate surface area is 174 Å². The number of anilines is 1. The van der Waals surface area contributed by atoms with Gasteiger partial charge in [-0.1, -0.05) is 6.07 Å². The second-order valence-corrected chi connectivity index (χ2v) is 6.58. The van der Waals surface area contributed by atoms with Crippen molar-refractivity contribution in [1.82, 2.24) is 19.7 Å². The SMILES string of the molecule is COc1ccc(-n2ncc3c(NCCc4ccc(OC)c(OC)c4)ncnc32)cc1. The van der Waals surface area contributed by atoms with Gasteiger partial charge in [-0.05, 0) is 48.4 Å². The minimum absolute atomic E-state index is 0.704. The lowest BCUT2D eigenvalue weighted by atomic mass is 10.1. The summed E-state index contributed by atoms with van der Waals surface area (Å²) in [6.07, 6.45) is 4.12. The number of nitrogens with one attached hydrogen (secondary N) is 1. The fourth-order valence-electron chi connectivity index (χ4n) is 3.26. The molecule has 1 N–H and O–H groups in total. The molecule has 0 unspecified atom stereocenters. The van der Waals surface area contributed by atoms with Crippen molar-refractivity contribution in [3.05, 3.63) is 60.6 Å². The van der Waals surface area contributed by atoms with Crippen LogP contribution in [0.25, 0.3) is 16.7 Å². The number of ether oxygens (including phenoxy) is 3. The second kappa shape index (κ2) is 8.69. The highest BCUT2D eigenvalue weighted by Gasteiger charge is 2.11. The van der Waals surface area contributed by atoms with Crippen LogP contribution < -0.4 is 19.5 Å². The van der Waals surface area contributed by atoms with Crippen LogP contribution in [0.5, 0.6) is 17.2 Å². The van der Waals surface area contributed by atoms with Gasteiger partial charge in [0.1, 0.15) is 17.9 Å². The van der Waals surface area contributed by atoms with E-state index < -0.39 is 0 Å². The van der Waals surface area contributed by atoms with Crippen LogP contribution in [0.15, 0.2) is 55.0 Å². The van der Waals surface area contributed by atoms with Gasteiger partial charge in [0.15, 0.2) is 17.1 Å². The monoisotopic (exact) mass is 405 g/mol. The summed E-state index contributed by atoms with van der Waals surface area (Å²) >= 11 is 0. The fraction of sp³-hybridized carbons (Fsp3) is 0.227. The van der Waals surface area contributed by atoms with Gasteiger partial charge in [-0.25, -0.2) is 14.6 Å². The van der Waals surface area contributed by atoms with E-state index in [-0.39, 0.29) is 0 Å². The molecule has 8 nitrogen and oxygen atoms in total. The molecule has 0 radical (unpaired) electrons. The van der Waals surface area contributed by atoms with E-state index in [9.17, 15) is 0 Å². The van der Waals surface area contributed by atoms with Gasteiger partial charge >= 0.3 is 0 Å². The highest BCUT2D eigenvalue weighted by atomic mass is 16.5. The topological polar surface area (TPSA) is 83.3 Å². The van der Waals surface area contributed by atoms with Crippen molar-refractivity contribution in [3.8, 4) is 22.9 Å². The second-order valence-electron chi connectivity index (χ2n) is 6.58. The van der Waals surface area contributed by atoms with Gasteiger partial charge in [0, 0.05) is 6.54 Å². The van der Waals surface area contributed by atoms with Crippen molar-refractivity contribution >= 4 is 16.9 Å². The molecule has 0 saturated heterocycles. The van der Waals surface area contributed by atoms with Gasteiger partial charge < -0.3 is 19.5 Å². The molecule has 2 heterocycles. The van der Waals surface area contributed by atoms with Crippen molar-refractivity contribution in [3.63, 3.8) is 0 Å². The maximum Gasteiger partial charge on any atom is 0.168 e. The molecular formula is C22H23N5O3. The van der Waals surface area contributed by atoms with Crippen molar-refractivity contribution in [1.29, 1.82) is 0 Å². The Kier molecular flexibility index (Phi) is 5.65. The van der Waals surface area contributed by atoms with Crippen LogP contribution in [0.3, 0.4) is 0 Å². The highest BCUT2D eigenvalue weighted by molar-refractivity contribution is 5.87. The molecular weight excluding hydrogens is 382 g/mol. The lowest BCUT2D eigenvalue weighted by molar-refractivity contribution is 0.354. The Hall–Kier alpha value is -3.81. The van der Waals surface area contributed by atoms with Gasteiger partial charge in [0.2, 0.25) is 0 Å². The lowest BCUT2D eigenvalue weighted by Crippen LogP contribution is -2.07. The third-order valence-electron chi connectivity index (χ3n) is 4.84. The van der Waals surface area contributed by atoms with E-state index in [1.165, 1.54) is 0 Å². The molecule has 4 aromatic rings. The first kappa shape index (κ1) is 19.5. The quantitative estimate of drug-likeness (QED) is 0.480. The first-order valence-corrected chi connectivity index (χ1v) is 9.51. The molecule has 0 aliphatic heterocycles. The number of benzene rings is 2. The van der Waals surface area contributed by atoms with E-state index >= 15 is 0 Å². The zero-order chi connectivity index (χ0) is 20.9. The van der Waals surface area contributed by atoms with Crippen molar-refractivity contribution in [2.24, 2.45) is 0 Å². The molecule has 154 valence electrons. The average molecular weight is 405 g/mol. The standard InChI is InChI=1S/C22H23N5O3/c1-28-17-7-5-16(6-8-17)27-22-18(13-26-27)21(24-14-25-22)23-11-10-15-4-9-19(29-2)20(12-15)30-3/h4-9,12-14H,10-11H2,1-3H3,(H,23,24,25). The summed E-state index contributed by atoms with van der Waals surface area (Å²) in [5.41, 5.74) is 2.78. The van der Waals surface area contributed by atoms with Crippen LogP contribution >= 0.6 is 0 Å². The third-order valence-corrected chi connectivity index (χ3v) is 4.84. The van der Waals surface area contributed by atoms with E-state index in [2.05, 4.69) is 20.4 Å². The zero-order valence-electron chi connectivity index (χ0n) is 17.1. The number of hydrogen-bond donors (Lipinski definition) is 1. The predicted molar refractivity (Wildman–Crippen MR) is 115 cm³/mol. The van der Waals surface area contributed by atoms with E-state index in [0.717, 1.165) is 51.8 Å². The Morgan fingerprint density at radius 1 is 0.900 bits per heavy atom. The van der Waals surface area contributed by atoms with Crippen molar-refractivity contribution in [2.45, 2.75) is 6.42 Å². The highest BCUT2D eigenvalue weighted by Crippen LogP contribution is 2.28. The Bertz CT molecular complexity index is 1140. The van der Waals surface area contributed by atoms with Crippen LogP contribution in [0.1, 0.15) is 5.56 Å². The molecule has 0 fully saturated rings. The van der Waals surface area contributed by atoms with Crippen molar-refractivity contribution < 1.29 is 14.2 Å². The molecule has 8 heteroatoms. The molecule has 0 spiro atoms. The summed E-state index contributed by atoms with van der Waals surface area (Å²) in [5, 5.41) is 8.74. The maximum absolute atomic E-state index is 5.37. The first-order chi connectivity index (χ1) is 14.7. The number of methoxy groups -OCH3 is 3. The first-order valence-electron chi connectivity index (χ1n) is 9.51. The summed E-state index contributed by atoms with van der Waals surface area (Å²) in [7, 11) is 4.91. The predicted octanol–water partition coefficient (Wildman–Crippen LogP) is 3.50. The zero-order valence-corrected chi connectivity index (χ0v) is 17.1. The van der Waals surface area contributed by atoms with Crippen LogP contribution in [0, 0.1) is 0 Å². The van der Waals surface area contributed by atoms with Gasteiger partial charge in [-0.2, -0.15) is 5.10 Å². The number of aromatic nitrogens is 4. The molecule has 0 aliphatic carbocycles.